The molecule has 0 aliphatic carbocycles. The minimum absolute atomic E-state index is 0.640. The van der Waals surface area contributed by atoms with Crippen LogP contribution in [0.3, 0.4) is 0 Å². The molecule has 1 heteroatoms. The Kier molecular flexibility index (Phi) is 2.60. The Bertz CT molecular complexity index is 339. The molecule has 0 aromatic heterocycles. The van der Waals surface area contributed by atoms with Crippen LogP contribution in [0.5, 0.6) is 0 Å². The molecule has 2 rings (SSSR count). The topological polar surface area (TPSA) is 12.0 Å². The van der Waals surface area contributed by atoms with E-state index in [1.54, 1.807) is 5.56 Å². The van der Waals surface area contributed by atoms with Crippen molar-refractivity contribution in [3.05, 3.63) is 34.4 Å². The first kappa shape index (κ1) is 9.72. The van der Waals surface area contributed by atoms with Crippen LogP contribution in [0.25, 0.3) is 0 Å². The quantitative estimate of drug-likeness (QED) is 0.716. The van der Waals surface area contributed by atoms with E-state index in [9.17, 15) is 0 Å². The molecule has 14 heavy (non-hydrogen) atoms. The molecule has 1 aliphatic rings. The van der Waals surface area contributed by atoms with Crippen molar-refractivity contribution in [3.63, 3.8) is 0 Å². The van der Waals surface area contributed by atoms with Crippen LogP contribution in [-0.4, -0.2) is 6.54 Å². The Hall–Kier alpha value is -0.820. The third-order valence-corrected chi connectivity index (χ3v) is 3.12. The van der Waals surface area contributed by atoms with Crippen molar-refractivity contribution in [2.75, 3.05) is 6.54 Å². The second-order valence-corrected chi connectivity index (χ2v) is 4.56. The molecule has 0 atom stereocenters. The minimum atomic E-state index is 0.640. The average molecular weight is 189 g/mol. The number of rotatable bonds is 1. The molecule has 0 spiro atoms. The summed E-state index contributed by atoms with van der Waals surface area (Å²) < 4.78 is 0. The number of aryl methyl sites for hydroxylation is 1. The summed E-state index contributed by atoms with van der Waals surface area (Å²) in [5.41, 5.74) is 6.05. The summed E-state index contributed by atoms with van der Waals surface area (Å²) in [6, 6.07) is 4.73. The molecule has 1 N–H and O–H groups in total. The van der Waals surface area contributed by atoms with Crippen LogP contribution in [0, 0.1) is 6.92 Å². The molecule has 0 unspecified atom stereocenters. The largest absolute Gasteiger partial charge is 0.312 e. The van der Waals surface area contributed by atoms with Gasteiger partial charge in [0.2, 0.25) is 0 Å². The minimum Gasteiger partial charge on any atom is -0.312 e. The van der Waals surface area contributed by atoms with E-state index in [1.165, 1.54) is 23.1 Å². The summed E-state index contributed by atoms with van der Waals surface area (Å²) in [6.07, 6.45) is 1.19. The van der Waals surface area contributed by atoms with Gasteiger partial charge in [0.15, 0.2) is 0 Å². The molecule has 0 saturated heterocycles. The zero-order valence-electron chi connectivity index (χ0n) is 9.35. The molecule has 1 nitrogen and oxygen atoms in total. The lowest BCUT2D eigenvalue weighted by Gasteiger charge is -2.21. The molecule has 0 fully saturated rings. The molecular formula is C13H19N. The fourth-order valence-corrected chi connectivity index (χ4v) is 2.21. The Labute approximate surface area is 86.5 Å². The summed E-state index contributed by atoms with van der Waals surface area (Å²) in [4.78, 5) is 0. The maximum Gasteiger partial charge on any atom is 0.0208 e. The van der Waals surface area contributed by atoms with Gasteiger partial charge >= 0.3 is 0 Å². The molecule has 1 aromatic carbocycles. The van der Waals surface area contributed by atoms with Crippen molar-refractivity contribution in [2.24, 2.45) is 0 Å². The van der Waals surface area contributed by atoms with Gasteiger partial charge in [-0.2, -0.15) is 0 Å². The Morgan fingerprint density at radius 1 is 1.29 bits per heavy atom. The second kappa shape index (κ2) is 3.74. The standard InChI is InChI=1S/C13H19N/c1-9(2)11-6-10(3)13-4-5-14-8-12(13)7-11/h6-7,9,14H,4-5,8H2,1-3H3. The van der Waals surface area contributed by atoms with E-state index >= 15 is 0 Å². The van der Waals surface area contributed by atoms with Crippen LogP contribution in [-0.2, 0) is 13.0 Å². The summed E-state index contributed by atoms with van der Waals surface area (Å²) >= 11 is 0. The first-order valence-corrected chi connectivity index (χ1v) is 5.51. The van der Waals surface area contributed by atoms with Crippen LogP contribution in [0.15, 0.2) is 12.1 Å². The molecule has 1 aliphatic heterocycles. The highest BCUT2D eigenvalue weighted by Crippen LogP contribution is 2.24. The van der Waals surface area contributed by atoms with Crippen LogP contribution in [0.1, 0.15) is 42.0 Å². The van der Waals surface area contributed by atoms with Crippen molar-refractivity contribution in [1.82, 2.24) is 5.32 Å². The van der Waals surface area contributed by atoms with E-state index < -0.39 is 0 Å². The zero-order chi connectivity index (χ0) is 10.1. The average Bonchev–Trinajstić information content (AvgIpc) is 2.17. The lowest BCUT2D eigenvalue weighted by atomic mass is 9.90. The van der Waals surface area contributed by atoms with E-state index in [1.807, 2.05) is 0 Å². The van der Waals surface area contributed by atoms with E-state index in [2.05, 4.69) is 38.2 Å². The van der Waals surface area contributed by atoms with Gasteiger partial charge in [-0.25, -0.2) is 0 Å². The van der Waals surface area contributed by atoms with Crippen molar-refractivity contribution in [3.8, 4) is 0 Å². The van der Waals surface area contributed by atoms with Crippen molar-refractivity contribution < 1.29 is 0 Å². The van der Waals surface area contributed by atoms with Crippen molar-refractivity contribution in [1.29, 1.82) is 0 Å². The molecule has 76 valence electrons. The SMILES string of the molecule is Cc1cc(C(C)C)cc2c1CCNC2. The Morgan fingerprint density at radius 2 is 2.07 bits per heavy atom. The van der Waals surface area contributed by atoms with Gasteiger partial charge in [-0.1, -0.05) is 26.0 Å². The van der Waals surface area contributed by atoms with Gasteiger partial charge < -0.3 is 5.32 Å². The summed E-state index contributed by atoms with van der Waals surface area (Å²) in [7, 11) is 0. The van der Waals surface area contributed by atoms with Gasteiger partial charge in [0.05, 0.1) is 0 Å². The number of fused-ring (bicyclic) bond motifs is 1. The third kappa shape index (κ3) is 1.69. The van der Waals surface area contributed by atoms with E-state index in [-0.39, 0.29) is 0 Å². The summed E-state index contributed by atoms with van der Waals surface area (Å²) in [6.45, 7) is 8.95. The van der Waals surface area contributed by atoms with E-state index in [0.717, 1.165) is 13.1 Å². The zero-order valence-corrected chi connectivity index (χ0v) is 9.35. The predicted octanol–water partition coefficient (Wildman–Crippen LogP) is 2.76. The van der Waals surface area contributed by atoms with E-state index in [0.29, 0.717) is 5.92 Å². The molecule has 1 heterocycles. The predicted molar refractivity (Wildman–Crippen MR) is 60.7 cm³/mol. The number of nitrogens with one attached hydrogen (secondary N) is 1. The van der Waals surface area contributed by atoms with Crippen LogP contribution in [0.4, 0.5) is 0 Å². The number of hydrogen-bond donors (Lipinski definition) is 1. The molecule has 0 saturated carbocycles. The molecular weight excluding hydrogens is 170 g/mol. The summed E-state index contributed by atoms with van der Waals surface area (Å²) in [5.74, 6) is 0.640. The Morgan fingerprint density at radius 3 is 2.79 bits per heavy atom. The normalized spacial score (nSPS) is 15.7. The van der Waals surface area contributed by atoms with Gasteiger partial charge in [-0.15, -0.1) is 0 Å². The monoisotopic (exact) mass is 189 g/mol. The van der Waals surface area contributed by atoms with Crippen LogP contribution < -0.4 is 5.32 Å². The Balaban J connectivity index is 2.46. The van der Waals surface area contributed by atoms with Gasteiger partial charge in [0.25, 0.3) is 0 Å². The van der Waals surface area contributed by atoms with Crippen molar-refractivity contribution >= 4 is 0 Å². The number of benzene rings is 1. The third-order valence-electron chi connectivity index (χ3n) is 3.12. The van der Waals surface area contributed by atoms with Gasteiger partial charge in [0, 0.05) is 6.54 Å². The van der Waals surface area contributed by atoms with Gasteiger partial charge in [-0.05, 0) is 48.1 Å². The highest BCUT2D eigenvalue weighted by atomic mass is 14.9. The first-order chi connectivity index (χ1) is 6.68. The molecule has 1 aromatic rings. The second-order valence-electron chi connectivity index (χ2n) is 4.56. The highest BCUT2D eigenvalue weighted by molar-refractivity contribution is 5.41. The van der Waals surface area contributed by atoms with Crippen LogP contribution in [0.2, 0.25) is 0 Å². The fraction of sp³-hybridized carbons (Fsp3) is 0.538. The fourth-order valence-electron chi connectivity index (χ4n) is 2.21. The highest BCUT2D eigenvalue weighted by Gasteiger charge is 2.12. The first-order valence-electron chi connectivity index (χ1n) is 5.51. The lowest BCUT2D eigenvalue weighted by Crippen LogP contribution is -2.24. The number of hydrogen-bond acceptors (Lipinski definition) is 1. The molecule has 0 bridgehead atoms. The molecule has 0 radical (unpaired) electrons. The maximum absolute atomic E-state index is 3.43. The molecule has 0 amide bonds. The van der Waals surface area contributed by atoms with Crippen molar-refractivity contribution in [2.45, 2.75) is 39.7 Å². The lowest BCUT2D eigenvalue weighted by molar-refractivity contribution is 0.638. The van der Waals surface area contributed by atoms with Crippen LogP contribution >= 0.6 is 0 Å². The van der Waals surface area contributed by atoms with Gasteiger partial charge in [-0.3, -0.25) is 0 Å². The maximum atomic E-state index is 3.43. The van der Waals surface area contributed by atoms with E-state index in [4.69, 9.17) is 0 Å². The van der Waals surface area contributed by atoms with Gasteiger partial charge in [0.1, 0.15) is 0 Å². The smallest absolute Gasteiger partial charge is 0.0208 e. The summed E-state index contributed by atoms with van der Waals surface area (Å²) in [5, 5.41) is 3.43.